The molecule has 1 aliphatic heterocycles. The van der Waals surface area contributed by atoms with Gasteiger partial charge in [0.2, 0.25) is 5.91 Å². The molecule has 0 unspecified atom stereocenters. The number of ether oxygens (including phenoxy) is 2. The van der Waals surface area contributed by atoms with Crippen molar-refractivity contribution in [3.05, 3.63) is 68.7 Å². The van der Waals surface area contributed by atoms with E-state index in [0.29, 0.717) is 49.7 Å². The number of aromatic nitrogens is 3. The molecule has 0 aliphatic carbocycles. The van der Waals surface area contributed by atoms with Gasteiger partial charge in [-0.1, -0.05) is 29.2 Å². The van der Waals surface area contributed by atoms with Crippen molar-refractivity contribution < 1.29 is 18.7 Å². The van der Waals surface area contributed by atoms with E-state index in [-0.39, 0.29) is 23.3 Å². The molecule has 12 heteroatoms. The molecular weight excluding hydrogens is 535 g/mol. The topological polar surface area (TPSA) is 87.4 Å². The summed E-state index contributed by atoms with van der Waals surface area (Å²) in [6.07, 6.45) is 1.90. The predicted octanol–water partition coefficient (Wildman–Crippen LogP) is 5.04. The Hall–Kier alpha value is -3.06. The van der Waals surface area contributed by atoms with Crippen LogP contribution in [0, 0.1) is 9.77 Å². The number of nitrogens with one attached hydrogen (secondary N) is 1. The molecule has 0 spiro atoms. The summed E-state index contributed by atoms with van der Waals surface area (Å²) < 4.78 is 28.8. The van der Waals surface area contributed by atoms with E-state index in [1.54, 1.807) is 31.4 Å². The molecule has 0 bridgehead atoms. The van der Waals surface area contributed by atoms with Gasteiger partial charge in [0.15, 0.2) is 14.8 Å². The maximum absolute atomic E-state index is 13.7. The molecule has 4 aromatic rings. The molecule has 0 saturated carbocycles. The van der Waals surface area contributed by atoms with E-state index in [1.807, 2.05) is 4.57 Å². The van der Waals surface area contributed by atoms with Crippen molar-refractivity contribution in [1.29, 1.82) is 0 Å². The number of anilines is 1. The van der Waals surface area contributed by atoms with Crippen LogP contribution in [0.15, 0.2) is 58.5 Å². The van der Waals surface area contributed by atoms with E-state index in [2.05, 4.69) is 5.32 Å². The molecule has 1 saturated heterocycles. The number of carbonyl (C=O) groups is 1. The minimum absolute atomic E-state index is 0.00699. The summed E-state index contributed by atoms with van der Waals surface area (Å²) in [5.41, 5.74) is 1.17. The summed E-state index contributed by atoms with van der Waals surface area (Å²) in [5, 5.41) is 3.13. The Labute approximate surface area is 225 Å². The van der Waals surface area contributed by atoms with Gasteiger partial charge in [-0.2, -0.15) is 0 Å². The first-order valence-electron chi connectivity index (χ1n) is 11.5. The van der Waals surface area contributed by atoms with Crippen LogP contribution < -0.4 is 15.6 Å². The monoisotopic (exact) mass is 558 g/mol. The molecule has 8 nitrogen and oxygen atoms in total. The maximum atomic E-state index is 13.7. The number of nitrogens with zero attached hydrogens (tertiary/aromatic N) is 3. The lowest BCUT2D eigenvalue weighted by molar-refractivity contribution is -0.113. The van der Waals surface area contributed by atoms with E-state index in [1.165, 1.54) is 40.2 Å². The second-order valence-electron chi connectivity index (χ2n) is 8.35. The molecule has 1 atom stereocenters. The minimum Gasteiger partial charge on any atom is -0.497 e. The van der Waals surface area contributed by atoms with Crippen molar-refractivity contribution in [3.63, 3.8) is 0 Å². The highest BCUT2D eigenvalue weighted by atomic mass is 32.2. The molecule has 1 aliphatic rings. The molecule has 1 N–H and O–H groups in total. The zero-order valence-corrected chi connectivity index (χ0v) is 22.3. The van der Waals surface area contributed by atoms with E-state index in [9.17, 15) is 14.0 Å². The van der Waals surface area contributed by atoms with Gasteiger partial charge in [0.05, 0.1) is 31.2 Å². The van der Waals surface area contributed by atoms with Crippen LogP contribution >= 0.6 is 35.3 Å². The first-order chi connectivity index (χ1) is 17.9. The normalized spacial score (nSPS) is 15.2. The fraction of sp³-hybridized carbons (Fsp3) is 0.280. The van der Waals surface area contributed by atoms with E-state index >= 15 is 0 Å². The average molecular weight is 559 g/mol. The van der Waals surface area contributed by atoms with Gasteiger partial charge in [0.1, 0.15) is 16.3 Å². The second kappa shape index (κ2) is 11.1. The Morgan fingerprint density at radius 1 is 1.32 bits per heavy atom. The SMILES string of the molecule is COc1cccc(NC(=O)CSc2nc3c(sc(=S)n3C[C@@H]3CCCO3)c(=O)n2-c2ccc(F)cc2)c1. The minimum atomic E-state index is -0.420. The number of carbonyl (C=O) groups excluding carboxylic acids is 1. The number of rotatable bonds is 8. The fourth-order valence-corrected chi connectivity index (χ4v) is 6.16. The molecule has 1 amide bonds. The Morgan fingerprint density at radius 2 is 2.14 bits per heavy atom. The number of fused-ring (bicyclic) bond motifs is 1. The van der Waals surface area contributed by atoms with Crippen LogP contribution in [0.25, 0.3) is 16.0 Å². The molecule has 0 radical (unpaired) electrons. The van der Waals surface area contributed by atoms with Crippen molar-refractivity contribution in [2.75, 3.05) is 24.8 Å². The number of thiazole rings is 1. The van der Waals surface area contributed by atoms with Crippen LogP contribution in [0.4, 0.5) is 10.1 Å². The third-order valence-electron chi connectivity index (χ3n) is 5.84. The smallest absolute Gasteiger partial charge is 0.278 e. The summed E-state index contributed by atoms with van der Waals surface area (Å²) in [4.78, 5) is 31.2. The van der Waals surface area contributed by atoms with Gasteiger partial charge in [-0.3, -0.25) is 14.2 Å². The quantitative estimate of drug-likeness (QED) is 0.184. The van der Waals surface area contributed by atoms with Crippen molar-refractivity contribution in [1.82, 2.24) is 14.1 Å². The molecule has 3 heterocycles. The molecule has 2 aromatic heterocycles. The van der Waals surface area contributed by atoms with Gasteiger partial charge >= 0.3 is 0 Å². The van der Waals surface area contributed by atoms with Crippen molar-refractivity contribution in [2.45, 2.75) is 30.6 Å². The third kappa shape index (κ3) is 5.61. The zero-order chi connectivity index (χ0) is 25.9. The lowest BCUT2D eigenvalue weighted by Gasteiger charge is -2.14. The lowest BCUT2D eigenvalue weighted by atomic mass is 10.2. The average Bonchev–Trinajstić information content (AvgIpc) is 3.52. The van der Waals surface area contributed by atoms with Crippen LogP contribution in [-0.2, 0) is 16.1 Å². The molecule has 192 valence electrons. The number of thioether (sulfide) groups is 1. The first kappa shape index (κ1) is 25.6. The number of methoxy groups -OCH3 is 1. The third-order valence-corrected chi connectivity index (χ3v) is 8.20. The van der Waals surface area contributed by atoms with Crippen LogP contribution in [0.2, 0.25) is 0 Å². The van der Waals surface area contributed by atoms with Crippen LogP contribution in [0.3, 0.4) is 0 Å². The van der Waals surface area contributed by atoms with Gasteiger partial charge in [-0.25, -0.2) is 9.37 Å². The highest BCUT2D eigenvalue weighted by Gasteiger charge is 2.22. The van der Waals surface area contributed by atoms with Crippen molar-refractivity contribution in [2.24, 2.45) is 0 Å². The maximum Gasteiger partial charge on any atom is 0.278 e. The van der Waals surface area contributed by atoms with Crippen molar-refractivity contribution >= 4 is 57.3 Å². The second-order valence-corrected chi connectivity index (χ2v) is 10.9. The zero-order valence-electron chi connectivity index (χ0n) is 19.8. The highest BCUT2D eigenvalue weighted by Crippen LogP contribution is 2.27. The Morgan fingerprint density at radius 3 is 2.86 bits per heavy atom. The van der Waals surface area contributed by atoms with Crippen molar-refractivity contribution in [3.8, 4) is 11.4 Å². The molecule has 1 fully saturated rings. The molecular formula is C25H23FN4O4S3. The lowest BCUT2D eigenvalue weighted by Crippen LogP contribution is -2.23. The number of hydrogen-bond acceptors (Lipinski definition) is 8. The van der Waals surface area contributed by atoms with Gasteiger partial charge < -0.3 is 19.4 Å². The molecule has 5 rings (SSSR count). The van der Waals surface area contributed by atoms with E-state index < -0.39 is 5.82 Å². The van der Waals surface area contributed by atoms with Gasteiger partial charge in [-0.05, 0) is 61.5 Å². The summed E-state index contributed by atoms with van der Waals surface area (Å²) in [7, 11) is 1.55. The number of hydrogen-bond donors (Lipinski definition) is 1. The van der Waals surface area contributed by atoms with Gasteiger partial charge in [0.25, 0.3) is 5.56 Å². The Balaban J connectivity index is 1.50. The fourth-order valence-electron chi connectivity index (χ4n) is 4.07. The van der Waals surface area contributed by atoms with E-state index in [0.717, 1.165) is 24.6 Å². The number of halogens is 1. The number of benzene rings is 2. The largest absolute Gasteiger partial charge is 0.497 e. The van der Waals surface area contributed by atoms with E-state index in [4.69, 9.17) is 26.7 Å². The Bertz CT molecular complexity index is 1560. The predicted molar refractivity (Wildman–Crippen MR) is 145 cm³/mol. The van der Waals surface area contributed by atoms with Gasteiger partial charge in [0, 0.05) is 18.4 Å². The number of amides is 1. The standard InChI is InChI=1S/C25H23FN4O4S3/c1-33-18-5-2-4-16(12-18)27-20(31)14-36-24-28-22-21(23(32)30(24)17-9-7-15(26)8-10-17)37-25(35)29(22)13-19-6-3-11-34-19/h2,4-5,7-10,12,19H,3,6,11,13-14H2,1H3,(H,27,31)/t19-/m0/s1. The van der Waals surface area contributed by atoms with Crippen LogP contribution in [0.1, 0.15) is 12.8 Å². The molecule has 2 aromatic carbocycles. The van der Waals surface area contributed by atoms with Crippen LogP contribution in [-0.4, -0.2) is 45.6 Å². The summed E-state index contributed by atoms with van der Waals surface area (Å²) >= 11 is 7.88. The first-order valence-corrected chi connectivity index (χ1v) is 13.7. The summed E-state index contributed by atoms with van der Waals surface area (Å²) in [5.74, 6) is -0.0843. The van der Waals surface area contributed by atoms with Crippen LogP contribution in [0.5, 0.6) is 5.75 Å². The molecule has 37 heavy (non-hydrogen) atoms. The summed E-state index contributed by atoms with van der Waals surface area (Å²) in [6.45, 7) is 1.21. The highest BCUT2D eigenvalue weighted by molar-refractivity contribution is 7.99. The van der Waals surface area contributed by atoms with Gasteiger partial charge in [-0.15, -0.1) is 0 Å². The Kier molecular flexibility index (Phi) is 7.70. The summed E-state index contributed by atoms with van der Waals surface area (Å²) in [6, 6.07) is 12.6.